The van der Waals surface area contributed by atoms with Gasteiger partial charge in [0, 0.05) is 24.6 Å². The molecule has 0 unspecified atom stereocenters. The number of anilines is 2. The van der Waals surface area contributed by atoms with Gasteiger partial charge >= 0.3 is 0 Å². The Bertz CT molecular complexity index is 1090. The van der Waals surface area contributed by atoms with Crippen LogP contribution in [0.4, 0.5) is 11.4 Å². The van der Waals surface area contributed by atoms with E-state index in [1.165, 1.54) is 5.69 Å². The SMILES string of the molecule is Cc1cccc(NC(=O)c2ccccc2NC(=O)CN2CCC[C@H]2c2cccn2C)c1. The van der Waals surface area contributed by atoms with Gasteiger partial charge in [-0.2, -0.15) is 0 Å². The number of carbonyl (C=O) groups excluding carboxylic acids is 2. The molecule has 1 aliphatic rings. The average Bonchev–Trinajstić information content (AvgIpc) is 3.36. The van der Waals surface area contributed by atoms with E-state index in [0.717, 1.165) is 30.6 Å². The van der Waals surface area contributed by atoms with Gasteiger partial charge in [-0.3, -0.25) is 14.5 Å². The van der Waals surface area contributed by atoms with Crippen LogP contribution in [0.15, 0.2) is 66.9 Å². The smallest absolute Gasteiger partial charge is 0.257 e. The Morgan fingerprint density at radius 1 is 1.03 bits per heavy atom. The molecular formula is C25H28N4O2. The first-order valence-corrected chi connectivity index (χ1v) is 10.6. The summed E-state index contributed by atoms with van der Waals surface area (Å²) in [5.74, 6) is -0.360. The van der Waals surface area contributed by atoms with E-state index in [0.29, 0.717) is 17.8 Å². The van der Waals surface area contributed by atoms with Crippen molar-refractivity contribution in [1.29, 1.82) is 0 Å². The minimum Gasteiger partial charge on any atom is -0.353 e. The fraction of sp³-hybridized carbons (Fsp3) is 0.280. The molecule has 4 rings (SSSR count). The maximum atomic E-state index is 12.9. The number of likely N-dealkylation sites (tertiary alicyclic amines) is 1. The third-order valence-corrected chi connectivity index (χ3v) is 5.76. The maximum Gasteiger partial charge on any atom is 0.257 e. The highest BCUT2D eigenvalue weighted by Gasteiger charge is 2.29. The third-order valence-electron chi connectivity index (χ3n) is 5.76. The van der Waals surface area contributed by atoms with E-state index in [-0.39, 0.29) is 17.9 Å². The third kappa shape index (κ3) is 4.86. The van der Waals surface area contributed by atoms with Gasteiger partial charge in [0.25, 0.3) is 5.91 Å². The topological polar surface area (TPSA) is 66.4 Å². The molecule has 0 saturated carbocycles. The number of benzene rings is 2. The first-order chi connectivity index (χ1) is 15.0. The van der Waals surface area contributed by atoms with Gasteiger partial charge in [-0.25, -0.2) is 0 Å². The van der Waals surface area contributed by atoms with Crippen LogP contribution in [-0.2, 0) is 11.8 Å². The molecule has 2 N–H and O–H groups in total. The molecule has 3 aromatic rings. The van der Waals surface area contributed by atoms with Gasteiger partial charge < -0.3 is 15.2 Å². The zero-order valence-electron chi connectivity index (χ0n) is 18.0. The Balaban J connectivity index is 1.44. The predicted molar refractivity (Wildman–Crippen MR) is 123 cm³/mol. The molecular weight excluding hydrogens is 388 g/mol. The highest BCUT2D eigenvalue weighted by molar-refractivity contribution is 6.10. The van der Waals surface area contributed by atoms with Gasteiger partial charge in [0.15, 0.2) is 0 Å². The summed E-state index contributed by atoms with van der Waals surface area (Å²) in [6, 6.07) is 19.1. The summed E-state index contributed by atoms with van der Waals surface area (Å²) in [6.45, 7) is 3.16. The molecule has 6 heteroatoms. The molecule has 0 radical (unpaired) electrons. The largest absolute Gasteiger partial charge is 0.353 e. The van der Waals surface area contributed by atoms with E-state index in [4.69, 9.17) is 0 Å². The molecule has 1 saturated heterocycles. The van der Waals surface area contributed by atoms with E-state index >= 15 is 0 Å². The van der Waals surface area contributed by atoms with Crippen LogP contribution in [0.2, 0.25) is 0 Å². The number of para-hydroxylation sites is 1. The molecule has 2 aromatic carbocycles. The van der Waals surface area contributed by atoms with E-state index in [1.807, 2.05) is 56.6 Å². The zero-order chi connectivity index (χ0) is 21.8. The number of hydrogen-bond donors (Lipinski definition) is 2. The molecule has 2 amide bonds. The monoisotopic (exact) mass is 416 g/mol. The summed E-state index contributed by atoms with van der Waals surface area (Å²) in [5, 5.41) is 5.86. The zero-order valence-corrected chi connectivity index (χ0v) is 18.0. The van der Waals surface area contributed by atoms with Crippen LogP contribution < -0.4 is 10.6 Å². The lowest BCUT2D eigenvalue weighted by Gasteiger charge is -2.24. The quantitative estimate of drug-likeness (QED) is 0.627. The number of nitrogens with zero attached hydrogens (tertiary/aromatic N) is 2. The van der Waals surface area contributed by atoms with Crippen LogP contribution >= 0.6 is 0 Å². The van der Waals surface area contributed by atoms with Crippen molar-refractivity contribution in [2.45, 2.75) is 25.8 Å². The minimum absolute atomic E-state index is 0.114. The summed E-state index contributed by atoms with van der Waals surface area (Å²) in [5.41, 5.74) is 3.99. The van der Waals surface area contributed by atoms with E-state index in [1.54, 1.807) is 18.2 Å². The maximum absolute atomic E-state index is 12.9. The molecule has 31 heavy (non-hydrogen) atoms. The normalized spacial score (nSPS) is 16.3. The van der Waals surface area contributed by atoms with E-state index in [2.05, 4.69) is 26.2 Å². The summed E-state index contributed by atoms with van der Waals surface area (Å²) >= 11 is 0. The van der Waals surface area contributed by atoms with Crippen LogP contribution in [0.5, 0.6) is 0 Å². The molecule has 1 aliphatic heterocycles. The Hall–Kier alpha value is -3.38. The Morgan fingerprint density at radius 2 is 1.87 bits per heavy atom. The first-order valence-electron chi connectivity index (χ1n) is 10.6. The van der Waals surface area contributed by atoms with Crippen LogP contribution in [0.25, 0.3) is 0 Å². The predicted octanol–water partition coefficient (Wildman–Crippen LogP) is 4.36. The van der Waals surface area contributed by atoms with Gasteiger partial charge in [0.05, 0.1) is 23.8 Å². The lowest BCUT2D eigenvalue weighted by molar-refractivity contribution is -0.117. The summed E-state index contributed by atoms with van der Waals surface area (Å²) in [4.78, 5) is 27.9. The van der Waals surface area contributed by atoms with Crippen molar-refractivity contribution in [3.05, 3.63) is 83.7 Å². The number of aryl methyl sites for hydroxylation is 2. The summed E-state index contributed by atoms with van der Waals surface area (Å²) in [7, 11) is 2.04. The van der Waals surface area contributed by atoms with Crippen molar-refractivity contribution < 1.29 is 9.59 Å². The van der Waals surface area contributed by atoms with Gasteiger partial charge in [-0.15, -0.1) is 0 Å². The Labute approximate surface area is 182 Å². The molecule has 0 bridgehead atoms. The lowest BCUT2D eigenvalue weighted by atomic mass is 10.1. The molecule has 2 heterocycles. The van der Waals surface area contributed by atoms with E-state index in [9.17, 15) is 9.59 Å². The van der Waals surface area contributed by atoms with Gasteiger partial charge in [-0.1, -0.05) is 24.3 Å². The van der Waals surface area contributed by atoms with Crippen molar-refractivity contribution in [3.63, 3.8) is 0 Å². The minimum atomic E-state index is -0.246. The standard InChI is InChI=1S/C25H28N4O2/c1-18-8-5-9-19(16-18)26-25(31)20-10-3-4-11-21(20)27-24(30)17-29-15-7-13-23(29)22-12-6-14-28(22)2/h3-6,8-12,14,16,23H,7,13,15,17H2,1-2H3,(H,26,31)(H,27,30)/t23-/m0/s1. The molecule has 1 aromatic heterocycles. The molecule has 1 fully saturated rings. The summed E-state index contributed by atoms with van der Waals surface area (Å²) in [6.07, 6.45) is 4.15. The highest BCUT2D eigenvalue weighted by Crippen LogP contribution is 2.31. The van der Waals surface area contributed by atoms with Crippen molar-refractivity contribution in [2.24, 2.45) is 7.05 Å². The van der Waals surface area contributed by atoms with Crippen molar-refractivity contribution >= 4 is 23.2 Å². The van der Waals surface area contributed by atoms with Crippen LogP contribution in [0, 0.1) is 6.92 Å². The number of hydrogen-bond acceptors (Lipinski definition) is 3. The second-order valence-corrected chi connectivity index (χ2v) is 8.09. The molecule has 6 nitrogen and oxygen atoms in total. The lowest BCUT2D eigenvalue weighted by Crippen LogP contribution is -2.34. The molecule has 160 valence electrons. The van der Waals surface area contributed by atoms with Crippen LogP contribution in [0.1, 0.15) is 40.5 Å². The second-order valence-electron chi connectivity index (χ2n) is 8.09. The average molecular weight is 417 g/mol. The van der Waals surface area contributed by atoms with Crippen LogP contribution in [-0.4, -0.2) is 34.4 Å². The van der Waals surface area contributed by atoms with E-state index < -0.39 is 0 Å². The molecule has 0 aliphatic carbocycles. The fourth-order valence-electron chi connectivity index (χ4n) is 4.26. The Kier molecular flexibility index (Phi) is 6.18. The van der Waals surface area contributed by atoms with Gasteiger partial charge in [0.1, 0.15) is 0 Å². The first kappa shape index (κ1) is 20.9. The second kappa shape index (κ2) is 9.18. The van der Waals surface area contributed by atoms with Crippen molar-refractivity contribution in [2.75, 3.05) is 23.7 Å². The number of amides is 2. The van der Waals surface area contributed by atoms with Crippen molar-refractivity contribution in [1.82, 2.24) is 9.47 Å². The number of aromatic nitrogens is 1. The number of nitrogens with one attached hydrogen (secondary N) is 2. The Morgan fingerprint density at radius 3 is 2.65 bits per heavy atom. The number of rotatable bonds is 6. The highest BCUT2D eigenvalue weighted by atomic mass is 16.2. The summed E-state index contributed by atoms with van der Waals surface area (Å²) < 4.78 is 2.12. The molecule has 0 spiro atoms. The van der Waals surface area contributed by atoms with Crippen LogP contribution in [0.3, 0.4) is 0 Å². The number of carbonyl (C=O) groups is 2. The van der Waals surface area contributed by atoms with Gasteiger partial charge in [0.2, 0.25) is 5.91 Å². The fourth-order valence-corrected chi connectivity index (χ4v) is 4.26. The molecule has 1 atom stereocenters. The van der Waals surface area contributed by atoms with Gasteiger partial charge in [-0.05, 0) is 68.3 Å². The van der Waals surface area contributed by atoms with Crippen molar-refractivity contribution in [3.8, 4) is 0 Å².